The normalized spacial score (nSPS) is 15.0. The number of alkyl halides is 3. The Hall–Kier alpha value is -3.34. The molecule has 0 unspecified atom stereocenters. The van der Waals surface area contributed by atoms with Gasteiger partial charge in [0.2, 0.25) is 0 Å². The van der Waals surface area contributed by atoms with Crippen LogP contribution in [-0.4, -0.2) is 40.9 Å². The van der Waals surface area contributed by atoms with E-state index in [-0.39, 0.29) is 23.5 Å². The van der Waals surface area contributed by atoms with Gasteiger partial charge >= 0.3 is 6.18 Å². The summed E-state index contributed by atoms with van der Waals surface area (Å²) in [4.78, 5) is 12.6. The number of halogens is 3. The van der Waals surface area contributed by atoms with E-state index in [0.717, 1.165) is 18.9 Å². The molecule has 188 valence electrons. The fourth-order valence-electron chi connectivity index (χ4n) is 3.94. The second-order valence-corrected chi connectivity index (χ2v) is 8.77. The zero-order valence-corrected chi connectivity index (χ0v) is 19.8. The quantitative estimate of drug-likeness (QED) is 0.408. The topological polar surface area (TPSA) is 104 Å². The summed E-state index contributed by atoms with van der Waals surface area (Å²) in [6.45, 7) is 4.57. The number of nitrogens with two attached hydrogens (primary N) is 1. The molecule has 1 aliphatic carbocycles. The van der Waals surface area contributed by atoms with Gasteiger partial charge in [0.25, 0.3) is 0 Å². The van der Waals surface area contributed by atoms with Crippen molar-refractivity contribution in [2.45, 2.75) is 51.4 Å². The van der Waals surface area contributed by atoms with Crippen molar-refractivity contribution < 1.29 is 27.4 Å². The number of ether oxygens (including phenoxy) is 3. The number of hydrogen-bond acceptors (Lipinski definition) is 8. The lowest BCUT2D eigenvalue weighted by atomic mass is 9.82. The number of nitrogens with zero attached hydrogens (tertiary/aromatic N) is 3. The Morgan fingerprint density at radius 3 is 2.49 bits per heavy atom. The van der Waals surface area contributed by atoms with Crippen LogP contribution in [-0.2, 0) is 17.5 Å². The first-order valence-corrected chi connectivity index (χ1v) is 11.3. The summed E-state index contributed by atoms with van der Waals surface area (Å²) >= 11 is 0. The lowest BCUT2D eigenvalue weighted by Gasteiger charge is -2.38. The van der Waals surface area contributed by atoms with Crippen LogP contribution in [0.1, 0.15) is 43.4 Å². The van der Waals surface area contributed by atoms with E-state index in [0.29, 0.717) is 47.3 Å². The predicted octanol–water partition coefficient (Wildman–Crippen LogP) is 4.89. The average Bonchev–Trinajstić information content (AvgIpc) is 2.77. The molecule has 0 bridgehead atoms. The van der Waals surface area contributed by atoms with Gasteiger partial charge < -0.3 is 25.3 Å². The van der Waals surface area contributed by atoms with Gasteiger partial charge in [-0.15, -0.1) is 0 Å². The highest BCUT2D eigenvalue weighted by atomic mass is 19.4. The van der Waals surface area contributed by atoms with Crippen LogP contribution in [0.15, 0.2) is 24.3 Å². The summed E-state index contributed by atoms with van der Waals surface area (Å²) < 4.78 is 56.7. The van der Waals surface area contributed by atoms with Gasteiger partial charge in [-0.05, 0) is 51.3 Å². The molecular weight excluding hydrogens is 463 g/mol. The van der Waals surface area contributed by atoms with Gasteiger partial charge in [0, 0.05) is 17.1 Å². The molecule has 0 atom stereocenters. The van der Waals surface area contributed by atoms with Gasteiger partial charge in [-0.25, -0.2) is 15.0 Å². The van der Waals surface area contributed by atoms with Crippen LogP contribution < -0.4 is 20.5 Å². The first-order valence-electron chi connectivity index (χ1n) is 11.3. The fraction of sp³-hybridized carbons (Fsp3) is 0.458. The van der Waals surface area contributed by atoms with Crippen LogP contribution >= 0.6 is 0 Å². The minimum atomic E-state index is -4.59. The smallest absolute Gasteiger partial charge is 0.433 e. The van der Waals surface area contributed by atoms with E-state index in [1.807, 2.05) is 0 Å². The van der Waals surface area contributed by atoms with E-state index in [1.165, 1.54) is 19.6 Å². The Bertz CT molecular complexity index is 1220. The van der Waals surface area contributed by atoms with Gasteiger partial charge in [-0.1, -0.05) is 0 Å². The van der Waals surface area contributed by atoms with Gasteiger partial charge in [0.15, 0.2) is 11.5 Å². The Morgan fingerprint density at radius 1 is 1.06 bits per heavy atom. The molecule has 4 rings (SSSR count). The van der Waals surface area contributed by atoms with Gasteiger partial charge in [0.1, 0.15) is 23.9 Å². The number of hydrogen-bond donors (Lipinski definition) is 2. The van der Waals surface area contributed by atoms with Crippen molar-refractivity contribution in [3.63, 3.8) is 0 Å². The van der Waals surface area contributed by atoms with E-state index in [9.17, 15) is 13.2 Å². The third kappa shape index (κ3) is 5.84. The van der Waals surface area contributed by atoms with Crippen molar-refractivity contribution in [1.82, 2.24) is 15.0 Å². The zero-order chi connectivity index (χ0) is 25.2. The second kappa shape index (κ2) is 9.73. The number of rotatable bonds is 9. The minimum Gasteiger partial charge on any atom is -0.493 e. The lowest BCUT2D eigenvalue weighted by molar-refractivity contribution is -0.141. The molecule has 11 heteroatoms. The highest BCUT2D eigenvalue weighted by Crippen LogP contribution is 2.36. The molecule has 1 aliphatic rings. The Balaban J connectivity index is 1.55. The average molecular weight is 492 g/mol. The van der Waals surface area contributed by atoms with Gasteiger partial charge in [-0.3, -0.25) is 0 Å². The van der Waals surface area contributed by atoms with Crippen molar-refractivity contribution in [3.8, 4) is 11.5 Å². The SMILES string of the molecule is COc1cc2nc(C)nc(NCc3cc(N)cc(C(F)(F)F)n3)c2cc1OCCOC1(C)CCC1. The number of aromatic nitrogens is 3. The van der Waals surface area contributed by atoms with E-state index >= 15 is 0 Å². The number of benzene rings is 1. The highest BCUT2D eigenvalue weighted by Gasteiger charge is 2.33. The number of aryl methyl sites for hydroxylation is 1. The second-order valence-electron chi connectivity index (χ2n) is 8.77. The first-order chi connectivity index (χ1) is 16.6. The van der Waals surface area contributed by atoms with E-state index < -0.39 is 11.9 Å². The molecule has 2 aromatic heterocycles. The standard InChI is InChI=1S/C24H28F3N5O3/c1-14-30-18-12-19(33-3)20(34-7-8-35-23(2)5-4-6-23)11-17(18)22(31-14)29-13-16-9-15(28)10-21(32-16)24(25,26)27/h9-12H,4-8,13H2,1-3H3,(H2,28,32)(H,29,30,31). The molecule has 3 aromatic rings. The summed E-state index contributed by atoms with van der Waals surface area (Å²) in [6.07, 6.45) is -1.33. The van der Waals surface area contributed by atoms with Gasteiger partial charge in [0.05, 0.1) is 37.1 Å². The van der Waals surface area contributed by atoms with E-state index in [1.54, 1.807) is 19.1 Å². The largest absolute Gasteiger partial charge is 0.493 e. The van der Waals surface area contributed by atoms with Crippen LogP contribution in [0, 0.1) is 6.92 Å². The molecule has 0 aliphatic heterocycles. The Kier molecular flexibility index (Phi) is 6.88. The van der Waals surface area contributed by atoms with Crippen molar-refractivity contribution in [3.05, 3.63) is 41.5 Å². The molecule has 0 radical (unpaired) electrons. The van der Waals surface area contributed by atoms with Crippen molar-refractivity contribution in [2.75, 3.05) is 31.4 Å². The molecule has 0 amide bonds. The Morgan fingerprint density at radius 2 is 1.83 bits per heavy atom. The summed E-state index contributed by atoms with van der Waals surface area (Å²) in [5.74, 6) is 1.90. The number of nitrogens with one attached hydrogen (secondary N) is 1. The summed E-state index contributed by atoms with van der Waals surface area (Å²) in [5.41, 5.74) is 5.25. The predicted molar refractivity (Wildman–Crippen MR) is 126 cm³/mol. The van der Waals surface area contributed by atoms with E-state index in [2.05, 4.69) is 27.2 Å². The molecule has 2 heterocycles. The first kappa shape index (κ1) is 24.8. The molecule has 1 saturated carbocycles. The molecule has 0 spiro atoms. The third-order valence-electron chi connectivity index (χ3n) is 5.92. The van der Waals surface area contributed by atoms with Crippen LogP contribution in [0.4, 0.5) is 24.7 Å². The minimum absolute atomic E-state index is 0.0195. The zero-order valence-electron chi connectivity index (χ0n) is 19.8. The number of pyridine rings is 1. The maximum atomic E-state index is 13.1. The maximum Gasteiger partial charge on any atom is 0.433 e. The van der Waals surface area contributed by atoms with Crippen molar-refractivity contribution in [1.29, 1.82) is 0 Å². The molecular formula is C24H28F3N5O3. The monoisotopic (exact) mass is 491 g/mol. The number of methoxy groups -OCH3 is 1. The molecule has 8 nitrogen and oxygen atoms in total. The van der Waals surface area contributed by atoms with E-state index in [4.69, 9.17) is 19.9 Å². The molecule has 0 saturated heterocycles. The summed E-state index contributed by atoms with van der Waals surface area (Å²) in [7, 11) is 1.54. The number of fused-ring (bicyclic) bond motifs is 1. The van der Waals surface area contributed by atoms with Crippen LogP contribution in [0.2, 0.25) is 0 Å². The molecule has 1 fully saturated rings. The Labute approximate surface area is 201 Å². The molecule has 3 N–H and O–H groups in total. The molecule has 1 aromatic carbocycles. The lowest BCUT2D eigenvalue weighted by Crippen LogP contribution is -2.37. The van der Waals surface area contributed by atoms with Crippen molar-refractivity contribution in [2.24, 2.45) is 0 Å². The molecule has 35 heavy (non-hydrogen) atoms. The van der Waals surface area contributed by atoms with Gasteiger partial charge in [-0.2, -0.15) is 13.2 Å². The number of nitrogen functional groups attached to an aromatic ring is 1. The van der Waals surface area contributed by atoms with Crippen LogP contribution in [0.25, 0.3) is 10.9 Å². The highest BCUT2D eigenvalue weighted by molar-refractivity contribution is 5.91. The number of anilines is 2. The van der Waals surface area contributed by atoms with Crippen molar-refractivity contribution >= 4 is 22.4 Å². The third-order valence-corrected chi connectivity index (χ3v) is 5.92. The fourth-order valence-corrected chi connectivity index (χ4v) is 3.94. The summed E-state index contributed by atoms with van der Waals surface area (Å²) in [5, 5.41) is 3.68. The summed E-state index contributed by atoms with van der Waals surface area (Å²) in [6, 6.07) is 5.67. The van der Waals surface area contributed by atoms with Crippen LogP contribution in [0.3, 0.4) is 0 Å². The maximum absolute atomic E-state index is 13.1. The van der Waals surface area contributed by atoms with Crippen LogP contribution in [0.5, 0.6) is 11.5 Å².